The molecule has 0 aliphatic heterocycles. The highest BCUT2D eigenvalue weighted by Gasteiger charge is 2.31. The number of hydrogen-bond acceptors (Lipinski definition) is 3. The first-order chi connectivity index (χ1) is 7.46. The summed E-state index contributed by atoms with van der Waals surface area (Å²) < 4.78 is 44.4. The smallest absolute Gasteiger partial charge is 0.496 e. The van der Waals surface area contributed by atoms with Crippen LogP contribution in [0.3, 0.4) is 0 Å². The molecule has 0 unspecified atom stereocenters. The van der Waals surface area contributed by atoms with Gasteiger partial charge in [0.25, 0.3) is 0 Å². The summed E-state index contributed by atoms with van der Waals surface area (Å²) in [6.07, 6.45) is -4.78. The van der Waals surface area contributed by atoms with Crippen molar-refractivity contribution >= 4 is 0 Å². The zero-order valence-electron chi connectivity index (χ0n) is 8.34. The molecule has 0 amide bonds. The normalized spacial score (nSPS) is 10.7. The summed E-state index contributed by atoms with van der Waals surface area (Å²) in [6, 6.07) is 5.43. The van der Waals surface area contributed by atoms with Crippen LogP contribution < -0.4 is 9.47 Å². The molecule has 1 rings (SSSR count). The van der Waals surface area contributed by atoms with Gasteiger partial charge >= 0.3 is 6.36 Å². The number of benzene rings is 1. The fourth-order valence-corrected chi connectivity index (χ4v) is 1.18. The minimum atomic E-state index is -4.74. The van der Waals surface area contributed by atoms with Crippen LogP contribution in [0.1, 0.15) is 5.56 Å². The van der Waals surface area contributed by atoms with Crippen LogP contribution in [0, 0.1) is 11.3 Å². The molecule has 0 spiro atoms. The lowest BCUT2D eigenvalue weighted by molar-refractivity contribution is -0.274. The van der Waals surface area contributed by atoms with E-state index in [0.717, 1.165) is 12.1 Å². The van der Waals surface area contributed by atoms with E-state index in [2.05, 4.69) is 4.74 Å². The molecule has 0 aliphatic carbocycles. The van der Waals surface area contributed by atoms with Gasteiger partial charge in [-0.05, 0) is 18.2 Å². The summed E-state index contributed by atoms with van der Waals surface area (Å²) in [5.74, 6) is -0.00498. The van der Waals surface area contributed by atoms with Crippen LogP contribution in [0.5, 0.6) is 11.5 Å². The van der Waals surface area contributed by atoms with Crippen molar-refractivity contribution in [1.29, 1.82) is 5.26 Å². The third-order valence-corrected chi connectivity index (χ3v) is 1.75. The van der Waals surface area contributed by atoms with Crippen molar-refractivity contribution in [3.8, 4) is 17.6 Å². The fourth-order valence-electron chi connectivity index (χ4n) is 1.18. The highest BCUT2D eigenvalue weighted by atomic mass is 19.4. The number of alkyl halides is 3. The molecule has 6 heteroatoms. The molecule has 0 aromatic heterocycles. The number of hydrogen-bond donors (Lipinski definition) is 0. The van der Waals surface area contributed by atoms with Gasteiger partial charge < -0.3 is 9.47 Å². The quantitative estimate of drug-likeness (QED) is 0.803. The molecule has 1 aromatic carbocycles. The van der Waals surface area contributed by atoms with Crippen LogP contribution in [-0.4, -0.2) is 13.5 Å². The Bertz CT molecular complexity index is 410. The van der Waals surface area contributed by atoms with Gasteiger partial charge in [-0.1, -0.05) is 0 Å². The number of rotatable bonds is 3. The van der Waals surface area contributed by atoms with Gasteiger partial charge in [0.05, 0.1) is 19.6 Å². The van der Waals surface area contributed by atoms with E-state index in [1.54, 1.807) is 0 Å². The Hall–Kier alpha value is -1.90. The second-order valence-corrected chi connectivity index (χ2v) is 2.86. The molecule has 3 nitrogen and oxygen atoms in total. The Morgan fingerprint density at radius 2 is 2.06 bits per heavy atom. The third-order valence-electron chi connectivity index (χ3n) is 1.75. The Kier molecular flexibility index (Phi) is 3.61. The van der Waals surface area contributed by atoms with Crippen molar-refractivity contribution in [2.75, 3.05) is 7.11 Å². The summed E-state index contributed by atoms with van der Waals surface area (Å²) in [5.41, 5.74) is 0.353. The lowest BCUT2D eigenvalue weighted by Gasteiger charge is -2.11. The van der Waals surface area contributed by atoms with Gasteiger partial charge in [0.15, 0.2) is 0 Å². The molecular formula is C10H8F3NO2. The van der Waals surface area contributed by atoms with Gasteiger partial charge in [-0.2, -0.15) is 5.26 Å². The van der Waals surface area contributed by atoms with Crippen molar-refractivity contribution in [1.82, 2.24) is 0 Å². The largest absolute Gasteiger partial charge is 0.573 e. The molecule has 0 fully saturated rings. The zero-order valence-corrected chi connectivity index (χ0v) is 8.34. The zero-order chi connectivity index (χ0) is 12.2. The Morgan fingerprint density at radius 1 is 1.38 bits per heavy atom. The average molecular weight is 231 g/mol. The van der Waals surface area contributed by atoms with E-state index >= 15 is 0 Å². The van der Waals surface area contributed by atoms with E-state index in [1.165, 1.54) is 13.2 Å². The first-order valence-electron chi connectivity index (χ1n) is 4.26. The molecular weight excluding hydrogens is 223 g/mol. The van der Waals surface area contributed by atoms with E-state index in [4.69, 9.17) is 10.00 Å². The Morgan fingerprint density at radius 3 is 2.56 bits per heavy atom. The van der Waals surface area contributed by atoms with Crippen molar-refractivity contribution in [3.63, 3.8) is 0 Å². The summed E-state index contributed by atoms with van der Waals surface area (Å²) in [5, 5.41) is 8.49. The summed E-state index contributed by atoms with van der Waals surface area (Å²) in [7, 11) is 1.38. The van der Waals surface area contributed by atoms with Crippen molar-refractivity contribution in [3.05, 3.63) is 23.8 Å². The highest BCUT2D eigenvalue weighted by Crippen LogP contribution is 2.28. The van der Waals surface area contributed by atoms with Gasteiger partial charge in [-0.25, -0.2) is 0 Å². The molecule has 0 N–H and O–H groups in total. The summed E-state index contributed by atoms with van der Waals surface area (Å²) >= 11 is 0. The molecule has 0 radical (unpaired) electrons. The maximum Gasteiger partial charge on any atom is 0.573 e. The SMILES string of the molecule is COc1ccc(OC(F)(F)F)cc1CC#N. The van der Waals surface area contributed by atoms with Crippen molar-refractivity contribution in [2.45, 2.75) is 12.8 Å². The molecule has 0 heterocycles. The predicted molar refractivity (Wildman–Crippen MR) is 49.0 cm³/mol. The summed E-state index contributed by atoms with van der Waals surface area (Å²) in [6.45, 7) is 0. The fraction of sp³-hybridized carbons (Fsp3) is 0.300. The Balaban J connectivity index is 2.98. The van der Waals surface area contributed by atoms with E-state index in [1.807, 2.05) is 6.07 Å². The molecule has 0 bridgehead atoms. The second-order valence-electron chi connectivity index (χ2n) is 2.86. The maximum atomic E-state index is 11.9. The van der Waals surface area contributed by atoms with Gasteiger partial charge in [0.1, 0.15) is 11.5 Å². The number of halogens is 3. The van der Waals surface area contributed by atoms with Gasteiger partial charge in [-0.3, -0.25) is 0 Å². The molecule has 1 aromatic rings. The van der Waals surface area contributed by atoms with Gasteiger partial charge in [0.2, 0.25) is 0 Å². The first kappa shape index (κ1) is 12.2. The van der Waals surface area contributed by atoms with Crippen molar-refractivity contribution < 1.29 is 22.6 Å². The number of methoxy groups -OCH3 is 1. The average Bonchev–Trinajstić information content (AvgIpc) is 2.16. The monoisotopic (exact) mass is 231 g/mol. The van der Waals surface area contributed by atoms with Crippen LogP contribution in [0.15, 0.2) is 18.2 Å². The maximum absolute atomic E-state index is 11.9. The van der Waals surface area contributed by atoms with Crippen LogP contribution in [0.4, 0.5) is 13.2 Å². The third kappa shape index (κ3) is 3.35. The minimum absolute atomic E-state index is 0.0434. The van der Waals surface area contributed by atoms with Crippen LogP contribution >= 0.6 is 0 Å². The minimum Gasteiger partial charge on any atom is -0.496 e. The standard InChI is InChI=1S/C10H8F3NO2/c1-15-9-3-2-8(16-10(11,12)13)6-7(9)4-5-14/h2-3,6H,4H2,1H3. The predicted octanol–water partition coefficient (Wildman–Crippen LogP) is 2.66. The van der Waals surface area contributed by atoms with E-state index in [9.17, 15) is 13.2 Å². The van der Waals surface area contributed by atoms with Crippen LogP contribution in [0.25, 0.3) is 0 Å². The van der Waals surface area contributed by atoms with E-state index in [-0.39, 0.29) is 12.2 Å². The summed E-state index contributed by atoms with van der Waals surface area (Å²) in [4.78, 5) is 0. The topological polar surface area (TPSA) is 42.2 Å². The Labute approximate surface area is 90.0 Å². The lowest BCUT2D eigenvalue weighted by Crippen LogP contribution is -2.17. The number of ether oxygens (including phenoxy) is 2. The lowest BCUT2D eigenvalue weighted by atomic mass is 10.1. The van der Waals surface area contributed by atoms with E-state index in [0.29, 0.717) is 11.3 Å². The van der Waals surface area contributed by atoms with Gasteiger partial charge in [-0.15, -0.1) is 13.2 Å². The van der Waals surface area contributed by atoms with Gasteiger partial charge in [0, 0.05) is 5.56 Å². The number of nitrogens with zero attached hydrogens (tertiary/aromatic N) is 1. The first-order valence-corrected chi connectivity index (χ1v) is 4.26. The molecule has 86 valence electrons. The van der Waals surface area contributed by atoms with Crippen LogP contribution in [0.2, 0.25) is 0 Å². The number of nitriles is 1. The molecule has 0 aliphatic rings. The van der Waals surface area contributed by atoms with Crippen molar-refractivity contribution in [2.24, 2.45) is 0 Å². The molecule has 0 saturated heterocycles. The second kappa shape index (κ2) is 4.75. The molecule has 0 atom stereocenters. The molecule has 16 heavy (non-hydrogen) atoms. The van der Waals surface area contributed by atoms with Crippen LogP contribution in [-0.2, 0) is 6.42 Å². The highest BCUT2D eigenvalue weighted by molar-refractivity contribution is 5.41. The molecule has 0 saturated carbocycles. The van der Waals surface area contributed by atoms with E-state index < -0.39 is 6.36 Å².